The number of hydrogen-bond acceptors (Lipinski definition) is 10. The van der Waals surface area contributed by atoms with Crippen LogP contribution in [0.2, 0.25) is 0 Å². The first-order valence-corrected chi connectivity index (χ1v) is 16.9. The molecule has 3 atom stereocenters. The lowest BCUT2D eigenvalue weighted by atomic mass is 9.87. The van der Waals surface area contributed by atoms with Crippen molar-refractivity contribution in [3.63, 3.8) is 0 Å². The number of anilines is 2. The van der Waals surface area contributed by atoms with Gasteiger partial charge in [0.15, 0.2) is 0 Å². The van der Waals surface area contributed by atoms with Crippen molar-refractivity contribution < 1.29 is 24.0 Å². The van der Waals surface area contributed by atoms with Gasteiger partial charge in [-0.05, 0) is 78.0 Å². The Hall–Kier alpha value is -4.89. The van der Waals surface area contributed by atoms with Crippen LogP contribution >= 0.6 is 15.9 Å². The van der Waals surface area contributed by atoms with Gasteiger partial charge in [0.25, 0.3) is 23.3 Å². The quantitative estimate of drug-likeness (QED) is 0.179. The summed E-state index contributed by atoms with van der Waals surface area (Å²) in [4.78, 5) is 78.6. The smallest absolute Gasteiger partial charge is 0.282 e. The molecule has 4 heterocycles. The Morgan fingerprint density at radius 2 is 1.76 bits per heavy atom. The zero-order chi connectivity index (χ0) is 34.8. The minimum absolute atomic E-state index is 0.0535. The van der Waals surface area contributed by atoms with Crippen molar-refractivity contribution in [2.75, 3.05) is 43.9 Å². The molecule has 15 heteroatoms. The number of nitrogens with zero attached hydrogens (tertiary/aromatic N) is 4. The number of amides is 5. The lowest BCUT2D eigenvalue weighted by Crippen LogP contribution is -2.54. The molecule has 14 nitrogen and oxygen atoms in total. The Kier molecular flexibility index (Phi) is 9.92. The second-order valence-electron chi connectivity index (χ2n) is 12.6. The molecule has 4 N–H and O–H groups in total. The summed E-state index contributed by atoms with van der Waals surface area (Å²) in [6.07, 6.45) is 3.19. The van der Waals surface area contributed by atoms with E-state index in [-0.39, 0.29) is 47.4 Å². The third-order valence-electron chi connectivity index (χ3n) is 9.14. The van der Waals surface area contributed by atoms with E-state index in [0.29, 0.717) is 40.9 Å². The molecule has 1 unspecified atom stereocenters. The van der Waals surface area contributed by atoms with Crippen molar-refractivity contribution in [3.8, 4) is 0 Å². The van der Waals surface area contributed by atoms with Crippen molar-refractivity contribution in [2.24, 2.45) is 7.05 Å². The topological polar surface area (TPSA) is 175 Å². The average molecular weight is 734 g/mol. The number of fused-ring (bicyclic) bond motifs is 1. The highest BCUT2D eigenvalue weighted by atomic mass is 79.9. The van der Waals surface area contributed by atoms with Gasteiger partial charge in [0.05, 0.1) is 23.0 Å². The minimum Gasteiger partial charge on any atom is -0.384 e. The van der Waals surface area contributed by atoms with Crippen LogP contribution in [-0.4, -0.2) is 94.4 Å². The predicted molar refractivity (Wildman–Crippen MR) is 184 cm³/mol. The number of carbonyl (C=O) groups is 5. The lowest BCUT2D eigenvalue weighted by molar-refractivity contribution is -0.136. The Morgan fingerprint density at radius 1 is 0.980 bits per heavy atom. The van der Waals surface area contributed by atoms with Crippen molar-refractivity contribution in [3.05, 3.63) is 85.7 Å². The maximum Gasteiger partial charge on any atom is 0.282 e. The molecule has 0 spiro atoms. The zero-order valence-corrected chi connectivity index (χ0v) is 28.7. The summed E-state index contributed by atoms with van der Waals surface area (Å²) in [6.45, 7) is 2.48. The number of likely N-dealkylation sites (tertiary alicyclic amines) is 1. The normalized spacial score (nSPS) is 21.0. The van der Waals surface area contributed by atoms with E-state index < -0.39 is 29.7 Å². The van der Waals surface area contributed by atoms with Gasteiger partial charge in [-0.25, -0.2) is 4.68 Å². The van der Waals surface area contributed by atoms with Crippen LogP contribution in [0.1, 0.15) is 68.2 Å². The molecule has 6 rings (SSSR count). The van der Waals surface area contributed by atoms with E-state index in [1.807, 2.05) is 24.3 Å². The Balaban J connectivity index is 0.992. The number of nitrogens with one attached hydrogen (secondary N) is 4. The number of piperidine rings is 2. The van der Waals surface area contributed by atoms with E-state index >= 15 is 0 Å². The van der Waals surface area contributed by atoms with Crippen LogP contribution in [0.5, 0.6) is 0 Å². The molecular formula is C34H37BrN8O6. The van der Waals surface area contributed by atoms with Crippen LogP contribution in [0.25, 0.3) is 0 Å². The van der Waals surface area contributed by atoms with Gasteiger partial charge in [0.1, 0.15) is 10.5 Å². The number of rotatable bonds is 10. The SMILES string of the molecule is CN1C[C@@H](Nc2cnn(C)c(=O)c2Br)C[C@@H](c2ccc(C(=O)NCCCNc3cccc4c3C(=O)N(C3CCC(=O)NC3=O)C4=O)cc2)C1. The van der Waals surface area contributed by atoms with Gasteiger partial charge in [-0.2, -0.15) is 5.10 Å². The van der Waals surface area contributed by atoms with Gasteiger partial charge in [-0.15, -0.1) is 0 Å². The molecular weight excluding hydrogens is 696 g/mol. The molecule has 0 saturated carbocycles. The number of aryl methyl sites for hydroxylation is 1. The van der Waals surface area contributed by atoms with Crippen molar-refractivity contribution in [1.82, 2.24) is 30.2 Å². The van der Waals surface area contributed by atoms with Crippen LogP contribution in [-0.2, 0) is 16.6 Å². The molecule has 3 aliphatic heterocycles. The first kappa shape index (κ1) is 34.0. The fourth-order valence-electron chi connectivity index (χ4n) is 6.68. The average Bonchev–Trinajstić information content (AvgIpc) is 3.34. The van der Waals surface area contributed by atoms with Crippen LogP contribution in [0.3, 0.4) is 0 Å². The van der Waals surface area contributed by atoms with E-state index in [1.165, 1.54) is 4.68 Å². The third kappa shape index (κ3) is 7.13. The Labute approximate surface area is 290 Å². The molecule has 0 radical (unpaired) electrons. The molecule has 3 aromatic rings. The number of halogens is 1. The number of likely N-dealkylation sites (N-methyl/N-ethyl adjacent to an activating group) is 1. The molecule has 3 aliphatic rings. The van der Waals surface area contributed by atoms with Gasteiger partial charge in [0, 0.05) is 56.9 Å². The third-order valence-corrected chi connectivity index (χ3v) is 9.90. The van der Waals surface area contributed by atoms with E-state index in [1.54, 1.807) is 31.4 Å². The highest BCUT2D eigenvalue weighted by Gasteiger charge is 2.45. The molecule has 0 bridgehead atoms. The molecule has 5 amide bonds. The highest BCUT2D eigenvalue weighted by molar-refractivity contribution is 9.10. The van der Waals surface area contributed by atoms with E-state index in [4.69, 9.17) is 0 Å². The summed E-state index contributed by atoms with van der Waals surface area (Å²) >= 11 is 3.39. The van der Waals surface area contributed by atoms with Gasteiger partial charge < -0.3 is 20.9 Å². The number of hydrogen-bond donors (Lipinski definition) is 4. The van der Waals surface area contributed by atoms with Gasteiger partial charge in [-0.3, -0.25) is 39.0 Å². The maximum atomic E-state index is 13.3. The summed E-state index contributed by atoms with van der Waals surface area (Å²) in [5, 5.41) is 15.9. The van der Waals surface area contributed by atoms with Crippen LogP contribution in [0, 0.1) is 0 Å². The summed E-state index contributed by atoms with van der Waals surface area (Å²) < 4.78 is 1.73. The van der Waals surface area contributed by atoms with Crippen molar-refractivity contribution >= 4 is 56.8 Å². The van der Waals surface area contributed by atoms with Crippen molar-refractivity contribution in [1.29, 1.82) is 0 Å². The van der Waals surface area contributed by atoms with Gasteiger partial charge in [0.2, 0.25) is 11.8 Å². The van der Waals surface area contributed by atoms with Gasteiger partial charge in [-0.1, -0.05) is 18.2 Å². The summed E-state index contributed by atoms with van der Waals surface area (Å²) in [6, 6.07) is 11.6. The number of aromatic nitrogens is 2. The summed E-state index contributed by atoms with van der Waals surface area (Å²) in [5.41, 5.74) is 3.00. The van der Waals surface area contributed by atoms with E-state index in [2.05, 4.69) is 54.2 Å². The van der Waals surface area contributed by atoms with E-state index in [0.717, 1.165) is 30.0 Å². The first-order valence-electron chi connectivity index (χ1n) is 16.1. The number of carbonyl (C=O) groups excluding carboxylic acids is 5. The van der Waals surface area contributed by atoms with Gasteiger partial charge >= 0.3 is 0 Å². The fourth-order valence-corrected chi connectivity index (χ4v) is 7.15. The second kappa shape index (κ2) is 14.3. The maximum absolute atomic E-state index is 13.3. The van der Waals surface area contributed by atoms with Crippen LogP contribution in [0.4, 0.5) is 11.4 Å². The molecule has 1 aromatic heterocycles. The standard InChI is InChI=1S/C34H37BrN8O6/c1-41-17-21(15-22(18-41)39-25-16-38-42(2)34(49)29(25)35)19-7-9-20(10-8-19)30(45)37-14-4-13-36-24-6-3-5-23-28(24)33(48)43(32(23)47)26-11-12-27(44)40-31(26)46/h3,5-10,16,21-22,26,36,39H,4,11-15,17-18H2,1-2H3,(H,37,45)(H,40,44,46)/t21-,22+,26?/m1/s1. The number of benzene rings is 2. The largest absolute Gasteiger partial charge is 0.384 e. The fraction of sp³-hybridized carbons (Fsp3) is 0.382. The van der Waals surface area contributed by atoms with Crippen LogP contribution in [0.15, 0.2) is 57.9 Å². The van der Waals surface area contributed by atoms with E-state index in [9.17, 15) is 28.8 Å². The molecule has 256 valence electrons. The Morgan fingerprint density at radius 3 is 2.51 bits per heavy atom. The molecule has 2 fully saturated rings. The molecule has 2 saturated heterocycles. The Bertz CT molecular complexity index is 1880. The molecule has 49 heavy (non-hydrogen) atoms. The van der Waals surface area contributed by atoms with Crippen LogP contribution < -0.4 is 26.8 Å². The zero-order valence-electron chi connectivity index (χ0n) is 27.1. The highest BCUT2D eigenvalue weighted by Crippen LogP contribution is 2.33. The van der Waals surface area contributed by atoms with Crippen molar-refractivity contribution in [2.45, 2.75) is 43.7 Å². The summed E-state index contributed by atoms with van der Waals surface area (Å²) in [5.74, 6) is -2.18. The molecule has 0 aliphatic carbocycles. The lowest BCUT2D eigenvalue weighted by Gasteiger charge is -2.37. The molecule has 2 aromatic carbocycles. The predicted octanol–water partition coefficient (Wildman–Crippen LogP) is 2.08. The number of imide groups is 2. The second-order valence-corrected chi connectivity index (χ2v) is 13.4. The first-order chi connectivity index (χ1) is 23.5. The minimum atomic E-state index is -1.03. The monoisotopic (exact) mass is 732 g/mol. The summed E-state index contributed by atoms with van der Waals surface area (Å²) in [7, 11) is 3.67.